The second-order valence-corrected chi connectivity index (χ2v) is 5.48. The van der Waals surface area contributed by atoms with Crippen LogP contribution in [0.5, 0.6) is 0 Å². The van der Waals surface area contributed by atoms with E-state index in [1.165, 1.54) is 11.3 Å². The molecular weight excluding hydrogens is 274 g/mol. The Balaban J connectivity index is 1.77. The number of carbonyl (C=O) groups excluding carboxylic acids is 2. The smallest absolute Gasteiger partial charge is 0.270 e. The van der Waals surface area contributed by atoms with Crippen LogP contribution in [0.15, 0.2) is 29.2 Å². The van der Waals surface area contributed by atoms with Gasteiger partial charge in [-0.25, -0.2) is 4.98 Å². The van der Waals surface area contributed by atoms with Crippen LogP contribution in [-0.2, 0) is 11.2 Å². The fourth-order valence-corrected chi connectivity index (χ4v) is 3.06. The van der Waals surface area contributed by atoms with Crippen molar-refractivity contribution in [1.29, 1.82) is 0 Å². The average Bonchev–Trinajstić information content (AvgIpc) is 3.00. The second kappa shape index (κ2) is 5.50. The number of rotatable bonds is 3. The summed E-state index contributed by atoms with van der Waals surface area (Å²) >= 11 is 1.38. The van der Waals surface area contributed by atoms with Crippen LogP contribution in [0, 0.1) is 0 Å². The number of thiazole rings is 1. The molecule has 0 aromatic carbocycles. The third-order valence-electron chi connectivity index (χ3n) is 3.47. The first-order valence-corrected chi connectivity index (χ1v) is 7.30. The highest BCUT2D eigenvalue weighted by Gasteiger charge is 2.28. The number of hydrogen-bond acceptors (Lipinski definition) is 5. The summed E-state index contributed by atoms with van der Waals surface area (Å²) in [5.74, 6) is -0.395. The quantitative estimate of drug-likeness (QED) is 0.870. The Morgan fingerprint density at radius 1 is 1.45 bits per heavy atom. The molecule has 0 bridgehead atoms. The molecule has 2 aromatic heterocycles. The van der Waals surface area contributed by atoms with Crippen LogP contribution in [0.2, 0.25) is 0 Å². The number of aromatic nitrogens is 2. The first kappa shape index (κ1) is 12.9. The summed E-state index contributed by atoms with van der Waals surface area (Å²) in [6.45, 7) is 0. The Bertz CT molecular complexity index is 627. The Morgan fingerprint density at radius 2 is 2.35 bits per heavy atom. The third-order valence-corrected chi connectivity index (χ3v) is 4.05. The molecule has 1 aliphatic carbocycles. The van der Waals surface area contributed by atoms with Crippen molar-refractivity contribution in [3.63, 3.8) is 0 Å². The summed E-state index contributed by atoms with van der Waals surface area (Å²) in [6.07, 6.45) is 3.90. The zero-order valence-corrected chi connectivity index (χ0v) is 11.5. The third kappa shape index (κ3) is 2.46. The predicted octanol–water partition coefficient (Wildman–Crippen LogP) is 1.57. The van der Waals surface area contributed by atoms with E-state index in [1.807, 2.05) is 12.1 Å². The van der Waals surface area contributed by atoms with E-state index in [-0.39, 0.29) is 17.9 Å². The number of amides is 1. The van der Waals surface area contributed by atoms with E-state index in [9.17, 15) is 9.59 Å². The van der Waals surface area contributed by atoms with Crippen LogP contribution in [0.4, 0.5) is 0 Å². The Morgan fingerprint density at radius 3 is 3.10 bits per heavy atom. The summed E-state index contributed by atoms with van der Waals surface area (Å²) in [5.41, 5.74) is 3.91. The molecule has 1 N–H and O–H groups in total. The lowest BCUT2D eigenvalue weighted by Gasteiger charge is -2.28. The van der Waals surface area contributed by atoms with Crippen molar-refractivity contribution in [3.8, 4) is 0 Å². The average molecular weight is 287 g/mol. The highest BCUT2D eigenvalue weighted by atomic mass is 32.1. The second-order valence-electron chi connectivity index (χ2n) is 4.77. The van der Waals surface area contributed by atoms with Crippen molar-refractivity contribution in [2.24, 2.45) is 0 Å². The van der Waals surface area contributed by atoms with Crippen molar-refractivity contribution < 1.29 is 9.59 Å². The monoisotopic (exact) mass is 287 g/mol. The molecule has 2 atom stereocenters. The molecule has 20 heavy (non-hydrogen) atoms. The highest BCUT2D eigenvalue weighted by molar-refractivity contribution is 7.07. The van der Waals surface area contributed by atoms with Crippen molar-refractivity contribution in [2.75, 3.05) is 0 Å². The van der Waals surface area contributed by atoms with Crippen LogP contribution in [0.3, 0.4) is 0 Å². The minimum Gasteiger partial charge on any atom is -0.348 e. The first-order chi connectivity index (χ1) is 9.78. The topological polar surface area (TPSA) is 72.0 Å². The van der Waals surface area contributed by atoms with Crippen molar-refractivity contribution >= 4 is 23.5 Å². The number of aldehydes is 1. The number of pyridine rings is 1. The SMILES string of the molecule is O=C[C@@H]1C[C@@H](NC(=O)c2cscn2)Cc2ncccc21. The fourth-order valence-electron chi connectivity index (χ4n) is 2.53. The van der Waals surface area contributed by atoms with E-state index in [4.69, 9.17) is 0 Å². The largest absolute Gasteiger partial charge is 0.348 e. The normalized spacial score (nSPS) is 21.0. The molecule has 2 aromatic rings. The van der Waals surface area contributed by atoms with Gasteiger partial charge in [0.1, 0.15) is 12.0 Å². The highest BCUT2D eigenvalue weighted by Crippen LogP contribution is 2.28. The zero-order chi connectivity index (χ0) is 13.9. The molecule has 0 saturated carbocycles. The number of hydrogen-bond donors (Lipinski definition) is 1. The van der Waals surface area contributed by atoms with E-state index in [0.717, 1.165) is 17.5 Å². The van der Waals surface area contributed by atoms with Crippen LogP contribution in [0.1, 0.15) is 34.1 Å². The van der Waals surface area contributed by atoms with E-state index < -0.39 is 0 Å². The van der Waals surface area contributed by atoms with Gasteiger partial charge >= 0.3 is 0 Å². The molecule has 0 unspecified atom stereocenters. The molecule has 0 aliphatic heterocycles. The number of fused-ring (bicyclic) bond motifs is 1. The maximum absolute atomic E-state index is 12.0. The summed E-state index contributed by atoms with van der Waals surface area (Å²) < 4.78 is 0. The molecule has 1 amide bonds. The molecule has 1 aliphatic rings. The Labute approximate surface area is 120 Å². The minimum absolute atomic E-state index is 0.0817. The number of carbonyl (C=O) groups is 2. The van der Waals surface area contributed by atoms with Gasteiger partial charge in [0.2, 0.25) is 0 Å². The van der Waals surface area contributed by atoms with Crippen LogP contribution >= 0.6 is 11.3 Å². The van der Waals surface area contributed by atoms with E-state index >= 15 is 0 Å². The standard InChI is InChI=1S/C14H13N3O2S/c18-6-9-4-10(5-12-11(9)2-1-3-15-12)17-14(19)13-7-20-8-16-13/h1-3,6-10H,4-5H2,(H,17,19)/t9-,10+/m0/s1. The Hall–Kier alpha value is -2.08. The van der Waals surface area contributed by atoms with E-state index in [0.29, 0.717) is 18.5 Å². The molecule has 3 rings (SSSR count). The molecule has 2 heterocycles. The lowest BCUT2D eigenvalue weighted by Crippen LogP contribution is -2.40. The van der Waals surface area contributed by atoms with Gasteiger partial charge in [0, 0.05) is 35.7 Å². The molecule has 0 spiro atoms. The van der Waals surface area contributed by atoms with Crippen LogP contribution < -0.4 is 5.32 Å². The summed E-state index contributed by atoms with van der Waals surface area (Å²) in [5, 5.41) is 4.64. The number of nitrogens with zero attached hydrogens (tertiary/aromatic N) is 2. The summed E-state index contributed by atoms with van der Waals surface area (Å²) in [7, 11) is 0. The van der Waals surface area contributed by atoms with Crippen LogP contribution in [0.25, 0.3) is 0 Å². The molecule has 0 fully saturated rings. The molecule has 0 radical (unpaired) electrons. The fraction of sp³-hybridized carbons (Fsp3) is 0.286. The van der Waals surface area contributed by atoms with Gasteiger partial charge in [-0.15, -0.1) is 11.3 Å². The van der Waals surface area contributed by atoms with Gasteiger partial charge in [-0.3, -0.25) is 9.78 Å². The zero-order valence-electron chi connectivity index (χ0n) is 10.7. The van der Waals surface area contributed by atoms with Crippen molar-refractivity contribution in [3.05, 3.63) is 46.2 Å². The van der Waals surface area contributed by atoms with Gasteiger partial charge < -0.3 is 10.1 Å². The van der Waals surface area contributed by atoms with Gasteiger partial charge in [0.15, 0.2) is 0 Å². The lowest BCUT2D eigenvalue weighted by atomic mass is 9.83. The summed E-state index contributed by atoms with van der Waals surface area (Å²) in [6, 6.07) is 3.69. The van der Waals surface area contributed by atoms with Gasteiger partial charge in [0.25, 0.3) is 5.91 Å². The summed E-state index contributed by atoms with van der Waals surface area (Å²) in [4.78, 5) is 31.5. The van der Waals surface area contributed by atoms with Crippen molar-refractivity contribution in [2.45, 2.75) is 24.8 Å². The van der Waals surface area contributed by atoms with Crippen molar-refractivity contribution in [1.82, 2.24) is 15.3 Å². The minimum atomic E-state index is -0.201. The molecule has 102 valence electrons. The predicted molar refractivity (Wildman–Crippen MR) is 74.7 cm³/mol. The molecular formula is C14H13N3O2S. The molecule has 6 heteroatoms. The van der Waals surface area contributed by atoms with E-state index in [1.54, 1.807) is 17.1 Å². The maximum atomic E-state index is 12.0. The maximum Gasteiger partial charge on any atom is 0.270 e. The van der Waals surface area contributed by atoms with Gasteiger partial charge in [-0.2, -0.15) is 0 Å². The van der Waals surface area contributed by atoms with Gasteiger partial charge in [-0.05, 0) is 18.1 Å². The number of nitrogens with one attached hydrogen (secondary N) is 1. The lowest BCUT2D eigenvalue weighted by molar-refractivity contribution is -0.109. The van der Waals surface area contributed by atoms with Gasteiger partial charge in [0.05, 0.1) is 5.51 Å². The molecule has 0 saturated heterocycles. The Kier molecular flexibility index (Phi) is 3.56. The van der Waals surface area contributed by atoms with Gasteiger partial charge in [-0.1, -0.05) is 6.07 Å². The van der Waals surface area contributed by atoms with Crippen LogP contribution in [-0.4, -0.2) is 28.2 Å². The first-order valence-electron chi connectivity index (χ1n) is 6.36. The van der Waals surface area contributed by atoms with E-state index in [2.05, 4.69) is 15.3 Å². The molecule has 5 nitrogen and oxygen atoms in total.